The Morgan fingerprint density at radius 1 is 1.25 bits per heavy atom. The van der Waals surface area contributed by atoms with Crippen molar-refractivity contribution in [1.82, 2.24) is 9.21 Å². The third-order valence-electron chi connectivity index (χ3n) is 3.42. The SMILES string of the molecule is N#CCS(=O)(=O)N1CCC(N2CCCC2)C1. The number of likely N-dealkylation sites (tertiary alicyclic amines) is 1. The third-order valence-corrected chi connectivity index (χ3v) is 5.04. The Balaban J connectivity index is 1.95. The van der Waals surface area contributed by atoms with Crippen LogP contribution in [0.15, 0.2) is 0 Å². The van der Waals surface area contributed by atoms with Gasteiger partial charge < -0.3 is 0 Å². The molecule has 1 unspecified atom stereocenters. The minimum atomic E-state index is -3.33. The number of nitrogens with zero attached hydrogens (tertiary/aromatic N) is 3. The molecule has 2 saturated heterocycles. The molecule has 0 aromatic carbocycles. The highest BCUT2D eigenvalue weighted by atomic mass is 32.2. The molecule has 0 spiro atoms. The van der Waals surface area contributed by atoms with E-state index in [9.17, 15) is 8.42 Å². The summed E-state index contributed by atoms with van der Waals surface area (Å²) in [6.45, 7) is 3.34. The quantitative estimate of drug-likeness (QED) is 0.700. The van der Waals surface area contributed by atoms with E-state index in [1.54, 1.807) is 6.07 Å². The van der Waals surface area contributed by atoms with Crippen molar-refractivity contribution in [2.45, 2.75) is 25.3 Å². The van der Waals surface area contributed by atoms with Gasteiger partial charge in [0.2, 0.25) is 10.0 Å². The highest BCUT2D eigenvalue weighted by Crippen LogP contribution is 2.22. The van der Waals surface area contributed by atoms with Crippen LogP contribution in [-0.4, -0.2) is 55.6 Å². The summed E-state index contributed by atoms with van der Waals surface area (Å²) in [6.07, 6.45) is 3.35. The first-order valence-electron chi connectivity index (χ1n) is 5.72. The minimum Gasteiger partial charge on any atom is -0.299 e. The molecule has 90 valence electrons. The molecule has 2 aliphatic heterocycles. The van der Waals surface area contributed by atoms with Gasteiger partial charge in [0.25, 0.3) is 0 Å². The van der Waals surface area contributed by atoms with Gasteiger partial charge in [-0.1, -0.05) is 0 Å². The number of hydrogen-bond donors (Lipinski definition) is 0. The molecule has 0 N–H and O–H groups in total. The van der Waals surface area contributed by atoms with Crippen molar-refractivity contribution in [3.63, 3.8) is 0 Å². The average Bonchev–Trinajstić information content (AvgIpc) is 2.89. The highest BCUT2D eigenvalue weighted by molar-refractivity contribution is 7.89. The number of nitriles is 1. The summed E-state index contributed by atoms with van der Waals surface area (Å²) in [5.74, 6) is -0.389. The van der Waals surface area contributed by atoms with Gasteiger partial charge in [-0.3, -0.25) is 4.90 Å². The van der Waals surface area contributed by atoms with Crippen molar-refractivity contribution in [3.05, 3.63) is 0 Å². The Bertz CT molecular complexity index is 381. The first kappa shape index (κ1) is 11.8. The van der Waals surface area contributed by atoms with Crippen LogP contribution >= 0.6 is 0 Å². The molecule has 2 heterocycles. The van der Waals surface area contributed by atoms with Gasteiger partial charge in [0.05, 0.1) is 6.07 Å². The molecule has 2 rings (SSSR count). The van der Waals surface area contributed by atoms with Crippen LogP contribution in [0.4, 0.5) is 0 Å². The van der Waals surface area contributed by atoms with Crippen LogP contribution in [-0.2, 0) is 10.0 Å². The van der Waals surface area contributed by atoms with E-state index in [0.717, 1.165) is 19.5 Å². The van der Waals surface area contributed by atoms with Crippen LogP contribution in [0.1, 0.15) is 19.3 Å². The van der Waals surface area contributed by atoms with Crippen molar-refractivity contribution in [2.24, 2.45) is 0 Å². The molecule has 0 radical (unpaired) electrons. The molecule has 0 bridgehead atoms. The monoisotopic (exact) mass is 243 g/mol. The highest BCUT2D eigenvalue weighted by Gasteiger charge is 2.34. The topological polar surface area (TPSA) is 64.4 Å². The lowest BCUT2D eigenvalue weighted by atomic mass is 10.2. The Hall–Kier alpha value is -0.640. The maximum atomic E-state index is 11.7. The van der Waals surface area contributed by atoms with Crippen molar-refractivity contribution < 1.29 is 8.42 Å². The minimum absolute atomic E-state index is 0.371. The maximum Gasteiger partial charge on any atom is 0.227 e. The van der Waals surface area contributed by atoms with Crippen LogP contribution in [0.25, 0.3) is 0 Å². The molecule has 5 nitrogen and oxygen atoms in total. The van der Waals surface area contributed by atoms with E-state index in [1.807, 2.05) is 0 Å². The van der Waals surface area contributed by atoms with Crippen molar-refractivity contribution in [1.29, 1.82) is 5.26 Å². The predicted octanol–water partition coefficient (Wildman–Crippen LogP) is 0.00988. The van der Waals surface area contributed by atoms with Crippen LogP contribution in [0.5, 0.6) is 0 Å². The lowest BCUT2D eigenvalue weighted by molar-refractivity contribution is 0.251. The van der Waals surface area contributed by atoms with Crippen LogP contribution in [0.3, 0.4) is 0 Å². The molecule has 2 fully saturated rings. The van der Waals surface area contributed by atoms with E-state index in [1.165, 1.54) is 17.1 Å². The van der Waals surface area contributed by atoms with Crippen LogP contribution in [0.2, 0.25) is 0 Å². The second kappa shape index (κ2) is 4.70. The van der Waals surface area contributed by atoms with E-state index >= 15 is 0 Å². The van der Waals surface area contributed by atoms with E-state index in [0.29, 0.717) is 19.1 Å². The fraction of sp³-hybridized carbons (Fsp3) is 0.900. The van der Waals surface area contributed by atoms with E-state index in [2.05, 4.69) is 4.90 Å². The number of sulfonamides is 1. The van der Waals surface area contributed by atoms with E-state index in [-0.39, 0.29) is 5.75 Å². The summed E-state index contributed by atoms with van der Waals surface area (Å²) < 4.78 is 24.8. The first-order chi connectivity index (χ1) is 7.63. The average molecular weight is 243 g/mol. The summed E-state index contributed by atoms with van der Waals surface area (Å²) in [6, 6.07) is 2.10. The summed E-state index contributed by atoms with van der Waals surface area (Å²) in [7, 11) is -3.33. The Labute approximate surface area is 96.7 Å². The second-order valence-electron chi connectivity index (χ2n) is 4.46. The van der Waals surface area contributed by atoms with Gasteiger partial charge in [-0.15, -0.1) is 0 Å². The molecule has 2 aliphatic rings. The zero-order valence-corrected chi connectivity index (χ0v) is 10.1. The first-order valence-corrected chi connectivity index (χ1v) is 7.33. The Kier molecular flexibility index (Phi) is 3.47. The zero-order valence-electron chi connectivity index (χ0n) is 9.30. The smallest absolute Gasteiger partial charge is 0.227 e. The molecule has 6 heteroatoms. The summed E-state index contributed by atoms with van der Waals surface area (Å²) >= 11 is 0. The largest absolute Gasteiger partial charge is 0.299 e. The Morgan fingerprint density at radius 2 is 1.94 bits per heavy atom. The fourth-order valence-electron chi connectivity index (χ4n) is 2.54. The van der Waals surface area contributed by atoms with Gasteiger partial charge in [-0.25, -0.2) is 8.42 Å². The molecule has 1 atom stereocenters. The van der Waals surface area contributed by atoms with Crippen molar-refractivity contribution in [2.75, 3.05) is 31.9 Å². The van der Waals surface area contributed by atoms with E-state index < -0.39 is 10.0 Å². The standard InChI is InChI=1S/C10H17N3O2S/c11-4-8-16(14,15)13-7-3-10(9-13)12-5-1-2-6-12/h10H,1-3,5-9H2. The zero-order chi connectivity index (χ0) is 11.6. The van der Waals surface area contributed by atoms with Crippen molar-refractivity contribution >= 4 is 10.0 Å². The molecule has 0 saturated carbocycles. The Morgan fingerprint density at radius 3 is 2.56 bits per heavy atom. The molecule has 0 aromatic rings. The number of hydrogen-bond acceptors (Lipinski definition) is 4. The lowest BCUT2D eigenvalue weighted by Gasteiger charge is -2.23. The normalized spacial score (nSPS) is 28.3. The van der Waals surface area contributed by atoms with Crippen LogP contribution < -0.4 is 0 Å². The summed E-state index contributed by atoms with van der Waals surface area (Å²) in [4.78, 5) is 2.38. The predicted molar refractivity (Wildman–Crippen MR) is 60.2 cm³/mol. The van der Waals surface area contributed by atoms with Gasteiger partial charge in [0, 0.05) is 19.1 Å². The van der Waals surface area contributed by atoms with Crippen LogP contribution in [0, 0.1) is 11.3 Å². The molecule has 0 aromatic heterocycles. The maximum absolute atomic E-state index is 11.7. The summed E-state index contributed by atoms with van der Waals surface area (Å²) in [5, 5.41) is 8.47. The fourth-order valence-corrected chi connectivity index (χ4v) is 3.67. The molecular weight excluding hydrogens is 226 g/mol. The van der Waals surface area contributed by atoms with Crippen molar-refractivity contribution in [3.8, 4) is 6.07 Å². The molecule has 0 aliphatic carbocycles. The number of rotatable bonds is 3. The van der Waals surface area contributed by atoms with Gasteiger partial charge >= 0.3 is 0 Å². The van der Waals surface area contributed by atoms with Gasteiger partial charge in [0.1, 0.15) is 0 Å². The van der Waals surface area contributed by atoms with Gasteiger partial charge in [0.15, 0.2) is 5.75 Å². The summed E-state index contributed by atoms with van der Waals surface area (Å²) in [5.41, 5.74) is 0. The van der Waals surface area contributed by atoms with Gasteiger partial charge in [-0.05, 0) is 32.4 Å². The second-order valence-corrected chi connectivity index (χ2v) is 6.43. The molecule has 0 amide bonds. The third kappa shape index (κ3) is 2.37. The van der Waals surface area contributed by atoms with Gasteiger partial charge in [-0.2, -0.15) is 9.57 Å². The molecule has 16 heavy (non-hydrogen) atoms. The van der Waals surface area contributed by atoms with E-state index in [4.69, 9.17) is 5.26 Å². The molecular formula is C10H17N3O2S. The lowest BCUT2D eigenvalue weighted by Crippen LogP contribution is -2.37.